The normalized spacial score (nSPS) is 10.7. The number of terminal acetylenes is 1. The highest BCUT2D eigenvalue weighted by Crippen LogP contribution is 2.27. The lowest BCUT2D eigenvalue weighted by Crippen LogP contribution is -2.21. The maximum atomic E-state index is 15.2. The predicted octanol–water partition coefficient (Wildman–Crippen LogP) is 4.13. The Labute approximate surface area is 235 Å². The van der Waals surface area contributed by atoms with E-state index in [9.17, 15) is 4.79 Å². The van der Waals surface area contributed by atoms with E-state index in [4.69, 9.17) is 15.9 Å². The number of carbonyl (C=O) groups is 1. The summed E-state index contributed by atoms with van der Waals surface area (Å²) in [5, 5.41) is 11.0. The number of hydrogen-bond acceptors (Lipinski definition) is 8. The molecule has 1 amide bonds. The van der Waals surface area contributed by atoms with Gasteiger partial charge in [0, 0.05) is 12.7 Å². The Balaban J connectivity index is 1.44. The van der Waals surface area contributed by atoms with Crippen LogP contribution in [0.2, 0.25) is 0 Å². The van der Waals surface area contributed by atoms with E-state index in [-0.39, 0.29) is 29.4 Å². The van der Waals surface area contributed by atoms with Crippen molar-refractivity contribution in [3.05, 3.63) is 102 Å². The molecule has 0 aliphatic rings. The molecule has 0 saturated carbocycles. The number of carbonyl (C=O) groups excluding carboxylic acids is 1. The highest BCUT2D eigenvalue weighted by molar-refractivity contribution is 5.90. The molecule has 1 N–H and O–H groups in total. The van der Waals surface area contributed by atoms with Gasteiger partial charge in [0.15, 0.2) is 6.61 Å². The number of ether oxygens (including phenoxy) is 2. The smallest absolute Gasteiger partial charge is 0.264 e. The van der Waals surface area contributed by atoms with E-state index in [0.29, 0.717) is 30.3 Å². The molecule has 41 heavy (non-hydrogen) atoms. The highest BCUT2D eigenvalue weighted by atomic mass is 19.1. The largest absolute Gasteiger partial charge is 0.484 e. The first-order valence-corrected chi connectivity index (χ1v) is 12.5. The van der Waals surface area contributed by atoms with Gasteiger partial charge >= 0.3 is 0 Å². The number of methoxy groups -OCH3 is 1. The van der Waals surface area contributed by atoms with Crippen molar-refractivity contribution in [1.29, 1.82) is 0 Å². The summed E-state index contributed by atoms with van der Waals surface area (Å²) in [6, 6.07) is 20.7. The van der Waals surface area contributed by atoms with Crippen LogP contribution >= 0.6 is 0 Å². The Bertz CT molecular complexity index is 1720. The second kappa shape index (κ2) is 12.6. The van der Waals surface area contributed by atoms with Crippen molar-refractivity contribution in [2.45, 2.75) is 13.2 Å². The summed E-state index contributed by atoms with van der Waals surface area (Å²) in [5.41, 5.74) is 2.67. The number of anilines is 1. The molecule has 5 rings (SSSR count). The number of pyridine rings is 1. The SMILES string of the molecule is C#Cc1cccc(-c2cc(-c3cn(Cc4cccc(COC)n4)nn3)nc(NC(=O)COc3ccccc3)n2)c1F. The van der Waals surface area contributed by atoms with Crippen molar-refractivity contribution in [3.8, 4) is 40.7 Å². The molecule has 3 aromatic heterocycles. The summed E-state index contributed by atoms with van der Waals surface area (Å²) < 4.78 is 27.4. The third-order valence-corrected chi connectivity index (χ3v) is 5.80. The first-order chi connectivity index (χ1) is 20.0. The lowest BCUT2D eigenvalue weighted by atomic mass is 10.1. The predicted molar refractivity (Wildman–Crippen MR) is 149 cm³/mol. The number of halogens is 1. The molecule has 0 unspecified atom stereocenters. The zero-order valence-electron chi connectivity index (χ0n) is 22.0. The molecule has 0 aliphatic heterocycles. The van der Waals surface area contributed by atoms with E-state index < -0.39 is 11.7 Å². The molecule has 0 fully saturated rings. The van der Waals surface area contributed by atoms with Crippen LogP contribution in [0.25, 0.3) is 22.6 Å². The first-order valence-electron chi connectivity index (χ1n) is 12.5. The third kappa shape index (κ3) is 6.76. The maximum absolute atomic E-state index is 15.2. The van der Waals surface area contributed by atoms with Crippen LogP contribution in [0.15, 0.2) is 79.0 Å². The fraction of sp³-hybridized carbons (Fsp3) is 0.133. The van der Waals surface area contributed by atoms with Crippen LogP contribution in [0.1, 0.15) is 17.0 Å². The van der Waals surface area contributed by atoms with E-state index in [1.807, 2.05) is 24.3 Å². The van der Waals surface area contributed by atoms with Gasteiger partial charge in [-0.05, 0) is 42.5 Å². The van der Waals surface area contributed by atoms with Gasteiger partial charge in [-0.2, -0.15) is 0 Å². The Morgan fingerprint density at radius 3 is 2.56 bits per heavy atom. The average molecular weight is 550 g/mol. The van der Waals surface area contributed by atoms with Crippen LogP contribution in [-0.2, 0) is 22.7 Å². The molecule has 204 valence electrons. The standard InChI is InChI=1S/C30H24FN7O3/c1-3-20-9-7-14-24(29(20)31)25-15-26(34-30(33-25)35-28(39)19-41-23-12-5-4-6-13-23)27-17-38(37-36-27)16-21-10-8-11-22(32-21)18-40-2/h1,4-15,17H,16,18-19H2,2H3,(H,33,34,35,39). The maximum Gasteiger partial charge on any atom is 0.264 e. The molecule has 5 aromatic rings. The summed E-state index contributed by atoms with van der Waals surface area (Å²) in [6.45, 7) is 0.462. The summed E-state index contributed by atoms with van der Waals surface area (Å²) in [7, 11) is 1.61. The number of rotatable bonds is 10. The Kier molecular flexibility index (Phi) is 8.32. The van der Waals surface area contributed by atoms with Crippen LogP contribution in [0.3, 0.4) is 0 Å². The monoisotopic (exact) mass is 549 g/mol. The quantitative estimate of drug-likeness (QED) is 0.259. The molecular formula is C30H24FN7O3. The number of nitrogens with zero attached hydrogens (tertiary/aromatic N) is 6. The van der Waals surface area contributed by atoms with Crippen molar-refractivity contribution < 1.29 is 18.7 Å². The minimum Gasteiger partial charge on any atom is -0.484 e. The third-order valence-electron chi connectivity index (χ3n) is 5.80. The average Bonchev–Trinajstić information content (AvgIpc) is 3.45. The number of amides is 1. The fourth-order valence-corrected chi connectivity index (χ4v) is 3.94. The van der Waals surface area contributed by atoms with E-state index >= 15 is 4.39 Å². The van der Waals surface area contributed by atoms with Crippen LogP contribution in [0.4, 0.5) is 10.3 Å². The number of hydrogen-bond donors (Lipinski definition) is 1. The second-order valence-corrected chi connectivity index (χ2v) is 8.78. The summed E-state index contributed by atoms with van der Waals surface area (Å²) in [4.78, 5) is 26.0. The van der Waals surface area contributed by atoms with Crippen molar-refractivity contribution >= 4 is 11.9 Å². The zero-order valence-corrected chi connectivity index (χ0v) is 22.0. The van der Waals surface area contributed by atoms with E-state index in [0.717, 1.165) is 11.4 Å². The fourth-order valence-electron chi connectivity index (χ4n) is 3.94. The molecule has 0 aliphatic carbocycles. The molecule has 10 nitrogen and oxygen atoms in total. The molecule has 0 radical (unpaired) electrons. The molecular weight excluding hydrogens is 525 g/mol. The van der Waals surface area contributed by atoms with Crippen LogP contribution in [0, 0.1) is 18.2 Å². The molecule has 0 saturated heterocycles. The first kappa shape index (κ1) is 27.1. The Morgan fingerprint density at radius 2 is 1.76 bits per heavy atom. The van der Waals surface area contributed by atoms with Crippen molar-refractivity contribution in [2.75, 3.05) is 19.0 Å². The summed E-state index contributed by atoms with van der Waals surface area (Å²) in [6.07, 6.45) is 7.14. The number of nitrogens with one attached hydrogen (secondary N) is 1. The molecule has 0 bridgehead atoms. The molecule has 3 heterocycles. The number of benzene rings is 2. The summed E-state index contributed by atoms with van der Waals surface area (Å²) in [5.74, 6) is 1.68. The summed E-state index contributed by atoms with van der Waals surface area (Å²) >= 11 is 0. The molecule has 0 atom stereocenters. The number of aromatic nitrogens is 6. The van der Waals surface area contributed by atoms with Gasteiger partial charge in [-0.3, -0.25) is 15.1 Å². The lowest BCUT2D eigenvalue weighted by molar-refractivity contribution is -0.118. The minimum absolute atomic E-state index is 0.0619. The van der Waals surface area contributed by atoms with Gasteiger partial charge in [0.1, 0.15) is 17.3 Å². The molecule has 0 spiro atoms. The Morgan fingerprint density at radius 1 is 0.976 bits per heavy atom. The van der Waals surface area contributed by atoms with Crippen molar-refractivity contribution in [1.82, 2.24) is 29.9 Å². The van der Waals surface area contributed by atoms with Crippen molar-refractivity contribution in [3.63, 3.8) is 0 Å². The van der Waals surface area contributed by atoms with Crippen LogP contribution in [-0.4, -0.2) is 49.6 Å². The van der Waals surface area contributed by atoms with Gasteiger partial charge in [-0.15, -0.1) is 11.5 Å². The van der Waals surface area contributed by atoms with Gasteiger partial charge in [0.25, 0.3) is 5.91 Å². The highest BCUT2D eigenvalue weighted by Gasteiger charge is 2.17. The van der Waals surface area contributed by atoms with Crippen LogP contribution in [0.5, 0.6) is 5.75 Å². The van der Waals surface area contributed by atoms with Gasteiger partial charge < -0.3 is 9.47 Å². The van der Waals surface area contributed by atoms with E-state index in [2.05, 4.69) is 36.5 Å². The van der Waals surface area contributed by atoms with Gasteiger partial charge in [0.2, 0.25) is 5.95 Å². The van der Waals surface area contributed by atoms with Crippen molar-refractivity contribution in [2.24, 2.45) is 0 Å². The van der Waals surface area contributed by atoms with Gasteiger partial charge in [-0.1, -0.05) is 41.5 Å². The molecule has 2 aromatic carbocycles. The topological polar surface area (TPSA) is 117 Å². The second-order valence-electron chi connectivity index (χ2n) is 8.78. The van der Waals surface area contributed by atoms with Gasteiger partial charge in [0.05, 0.1) is 47.7 Å². The van der Waals surface area contributed by atoms with E-state index in [1.54, 1.807) is 60.5 Å². The lowest BCUT2D eigenvalue weighted by Gasteiger charge is -2.10. The zero-order chi connectivity index (χ0) is 28.6. The number of para-hydroxylation sites is 1. The van der Waals surface area contributed by atoms with Crippen LogP contribution < -0.4 is 10.1 Å². The van der Waals surface area contributed by atoms with E-state index in [1.165, 1.54) is 6.07 Å². The minimum atomic E-state index is -0.616. The Hall–Kier alpha value is -5.47. The molecule has 11 heteroatoms. The van der Waals surface area contributed by atoms with Gasteiger partial charge in [-0.25, -0.2) is 19.0 Å².